The molecule has 0 radical (unpaired) electrons. The molecule has 0 aliphatic carbocycles. The average molecular weight is 291 g/mol. The minimum atomic E-state index is -0.488. The zero-order valence-electron chi connectivity index (χ0n) is 13.9. The number of hydrogen-bond acceptors (Lipinski definition) is 5. The van der Waals surface area contributed by atoms with Crippen molar-refractivity contribution in [2.24, 2.45) is 0 Å². The standard InChI is InChI=1S/C12H20O4.CH5BS/c1-3-4-8-16-12(15)9-11(14)7-5-6-10(2)13;1-2-3/h3-4,10,13H,5-9H2,1-2H3;2-3H,1H3/b4-3+;/t10-;/m1./s1/i13T;2D. The van der Waals surface area contributed by atoms with Crippen molar-refractivity contribution in [3.8, 4) is 0 Å². The summed E-state index contributed by atoms with van der Waals surface area (Å²) >= 11 is 3.63. The van der Waals surface area contributed by atoms with Gasteiger partial charge >= 0.3 is 5.97 Å². The van der Waals surface area contributed by atoms with Gasteiger partial charge in [-0.15, -0.1) is 0 Å². The van der Waals surface area contributed by atoms with Crippen molar-refractivity contribution in [3.05, 3.63) is 12.2 Å². The first kappa shape index (κ1) is 16.3. The number of aliphatic hydroxyl groups is 1. The van der Waals surface area contributed by atoms with Gasteiger partial charge in [-0.2, -0.15) is 0 Å². The number of rotatable bonds is 9. The lowest BCUT2D eigenvalue weighted by Gasteiger charge is -2.03. The molecule has 0 aromatic rings. The Kier molecular flexibility index (Phi) is 13.1. The van der Waals surface area contributed by atoms with Gasteiger partial charge < -0.3 is 9.85 Å². The summed E-state index contributed by atoms with van der Waals surface area (Å²) in [6, 6.07) is 0. The highest BCUT2D eigenvalue weighted by Gasteiger charge is 2.10. The third-order valence-electron chi connectivity index (χ3n) is 1.98. The van der Waals surface area contributed by atoms with Gasteiger partial charge in [0.25, 0.3) is 0 Å². The second-order valence-corrected chi connectivity index (χ2v) is 4.44. The quantitative estimate of drug-likeness (QED) is 0.224. The molecule has 0 heterocycles. The Labute approximate surface area is 125 Å². The van der Waals surface area contributed by atoms with Crippen LogP contribution in [0.15, 0.2) is 12.2 Å². The second kappa shape index (κ2) is 15.3. The maximum atomic E-state index is 11.3. The number of carbonyl (C=O) groups is 2. The molecule has 0 saturated carbocycles. The predicted octanol–water partition coefficient (Wildman–Crippen LogP) is 1.93. The molecular weight excluding hydrogens is 263 g/mol. The summed E-state index contributed by atoms with van der Waals surface area (Å²) in [7, 11) is 0. The minimum Gasteiger partial charge on any atom is -0.461 e. The number of esters is 1. The van der Waals surface area contributed by atoms with E-state index in [9.17, 15) is 9.59 Å². The summed E-state index contributed by atoms with van der Waals surface area (Å²) in [6.07, 6.45) is 4.72. The van der Waals surface area contributed by atoms with Crippen LogP contribution >= 0.6 is 12.5 Å². The van der Waals surface area contributed by atoms with E-state index in [-0.39, 0.29) is 31.4 Å². The van der Waals surface area contributed by atoms with E-state index < -0.39 is 5.97 Å². The SMILES string of the molecule is [2H]B(C)S.[3H]O[C@H](C)CCCC(=O)CC(=O)OC/C=C/C. The average Bonchev–Trinajstić information content (AvgIpc) is 2.38. The van der Waals surface area contributed by atoms with Crippen LogP contribution < -0.4 is 0 Å². The molecule has 6 heteroatoms. The fraction of sp³-hybridized carbons (Fsp3) is 0.692. The Morgan fingerprint density at radius 3 is 2.84 bits per heavy atom. The third kappa shape index (κ3) is 19.8. The van der Waals surface area contributed by atoms with Crippen molar-refractivity contribution in [1.82, 2.24) is 0 Å². The first-order chi connectivity index (χ1) is 9.83. The molecule has 0 bridgehead atoms. The summed E-state index contributed by atoms with van der Waals surface area (Å²) in [5, 5.41) is 4.32. The van der Waals surface area contributed by atoms with E-state index in [0.29, 0.717) is 19.3 Å². The lowest BCUT2D eigenvalue weighted by atomic mass is 10.1. The largest absolute Gasteiger partial charge is 0.461 e. The van der Waals surface area contributed by atoms with Crippen molar-refractivity contribution in [1.29, 1.82) is 2.77 Å². The van der Waals surface area contributed by atoms with Gasteiger partial charge in [0.15, 0.2) is 6.52 Å². The van der Waals surface area contributed by atoms with E-state index in [4.69, 9.17) is 7.50 Å². The number of hydrogen-bond donors (Lipinski definition) is 2. The van der Waals surface area contributed by atoms with E-state index >= 15 is 0 Å². The summed E-state index contributed by atoms with van der Waals surface area (Å²) in [5.41, 5.74) is 0. The van der Waals surface area contributed by atoms with Crippen LogP contribution in [0.4, 0.5) is 0 Å². The number of carbonyl (C=O) groups excluding carboxylic acids is 2. The van der Waals surface area contributed by atoms with Gasteiger partial charge in [0, 0.05) is 6.42 Å². The van der Waals surface area contributed by atoms with Crippen molar-refractivity contribution >= 4 is 30.8 Å². The van der Waals surface area contributed by atoms with Crippen LogP contribution in [-0.2, 0) is 14.3 Å². The molecule has 0 fully saturated rings. The van der Waals surface area contributed by atoms with E-state index in [1.807, 2.05) is 6.92 Å². The van der Waals surface area contributed by atoms with Gasteiger partial charge in [-0.1, -0.05) is 19.0 Å². The van der Waals surface area contributed by atoms with Crippen LogP contribution in [0.5, 0.6) is 0 Å². The van der Waals surface area contributed by atoms with Crippen molar-refractivity contribution in [3.63, 3.8) is 0 Å². The highest BCUT2D eigenvalue weighted by Crippen LogP contribution is 2.03. The third-order valence-corrected chi connectivity index (χ3v) is 1.98. The molecule has 0 aromatic heterocycles. The molecule has 0 amide bonds. The highest BCUT2D eigenvalue weighted by atomic mass is 32.1. The summed E-state index contributed by atoms with van der Waals surface area (Å²) in [5.74, 6) is -0.620. The summed E-state index contributed by atoms with van der Waals surface area (Å²) in [6.45, 7) is 5.28. The van der Waals surface area contributed by atoms with Crippen LogP contribution in [-0.4, -0.2) is 38.9 Å². The van der Waals surface area contributed by atoms with Crippen LogP contribution in [0.1, 0.15) is 39.5 Å². The number of aliphatic hydroxyl groups excluding tert-OH is 1. The minimum absolute atomic E-state index is 0.132. The van der Waals surface area contributed by atoms with Crippen molar-refractivity contribution in [2.75, 3.05) is 6.61 Å². The molecule has 0 spiro atoms. The smallest absolute Gasteiger partial charge is 0.313 e. The van der Waals surface area contributed by atoms with Crippen LogP contribution in [0.25, 0.3) is 0 Å². The van der Waals surface area contributed by atoms with E-state index in [2.05, 4.69) is 17.6 Å². The van der Waals surface area contributed by atoms with Gasteiger partial charge in [-0.25, -0.2) is 12.5 Å². The van der Waals surface area contributed by atoms with Crippen molar-refractivity contribution in [2.45, 2.75) is 52.5 Å². The van der Waals surface area contributed by atoms with Gasteiger partial charge in [-0.3, -0.25) is 9.59 Å². The first-order valence-electron chi connectivity index (χ1n) is 7.32. The monoisotopic (exact) mass is 291 g/mol. The lowest BCUT2D eigenvalue weighted by Crippen LogP contribution is -2.12. The van der Waals surface area contributed by atoms with Crippen molar-refractivity contribution < 1.29 is 19.4 Å². The number of allylic oxidation sites excluding steroid dienone is 1. The molecule has 0 aromatic carbocycles. The normalized spacial score (nSPS) is 12.8. The maximum Gasteiger partial charge on any atom is 0.313 e. The Bertz CT molecular complexity index is 312. The Hall–Kier alpha value is -0.745. The summed E-state index contributed by atoms with van der Waals surface area (Å²) < 4.78 is 17.9. The molecule has 0 unspecified atom stereocenters. The van der Waals surface area contributed by atoms with Gasteiger partial charge in [0.2, 0.25) is 1.43 Å². The molecule has 0 rings (SSSR count). The lowest BCUT2D eigenvalue weighted by molar-refractivity contribution is -0.144. The molecule has 1 N–H and O–H groups in total. The fourth-order valence-corrected chi connectivity index (χ4v) is 1.12. The molecule has 110 valence electrons. The highest BCUT2D eigenvalue weighted by molar-refractivity contribution is 8.06. The Morgan fingerprint density at radius 1 is 1.68 bits per heavy atom. The fourth-order valence-electron chi connectivity index (χ4n) is 1.12. The number of ether oxygens (including phenoxy) is 1. The predicted molar refractivity (Wildman–Crippen MR) is 82.9 cm³/mol. The van der Waals surface area contributed by atoms with Gasteiger partial charge in [0.05, 0.1) is 6.10 Å². The van der Waals surface area contributed by atoms with Gasteiger partial charge in [-0.05, 0) is 28.0 Å². The van der Waals surface area contributed by atoms with Crippen LogP contribution in [0.2, 0.25) is 6.82 Å². The zero-order valence-corrected chi connectivity index (χ0v) is 12.8. The van der Waals surface area contributed by atoms with Crippen LogP contribution in [0, 0.1) is 0 Å². The molecule has 0 saturated heterocycles. The second-order valence-electron chi connectivity index (χ2n) is 3.93. The zero-order chi connectivity index (χ0) is 16.7. The van der Waals surface area contributed by atoms with E-state index in [1.54, 1.807) is 25.9 Å². The molecule has 19 heavy (non-hydrogen) atoms. The molecule has 4 nitrogen and oxygen atoms in total. The molecule has 0 aliphatic rings. The number of ketones is 1. The molecule has 0 aliphatic heterocycles. The summed E-state index contributed by atoms with van der Waals surface area (Å²) in [4.78, 5) is 22.5. The molecular formula is C13H25BO4S. The molecule has 1 atom stereocenters. The number of thiol groups is 1. The van der Waals surface area contributed by atoms with E-state index in [1.165, 1.54) is 0 Å². The number of Topliss-reactive ketones (excluding diaryl/α,β-unsaturated/α-hetero) is 1. The topological polar surface area (TPSA) is 63.6 Å². The van der Waals surface area contributed by atoms with E-state index in [0.717, 1.165) is 0 Å². The first-order valence-corrected chi connectivity index (χ1v) is 6.85. The van der Waals surface area contributed by atoms with Gasteiger partial charge in [0.1, 0.15) is 18.8 Å². The Balaban J connectivity index is 0. The maximum absolute atomic E-state index is 11.3. The van der Waals surface area contributed by atoms with Crippen LogP contribution in [0.3, 0.4) is 0 Å². The Morgan fingerprint density at radius 2 is 2.32 bits per heavy atom.